The van der Waals surface area contributed by atoms with Gasteiger partial charge in [-0.3, -0.25) is 4.90 Å². The lowest BCUT2D eigenvalue weighted by Crippen LogP contribution is -2.43. The molecule has 0 bridgehead atoms. The Kier molecular flexibility index (Phi) is 9.84. The van der Waals surface area contributed by atoms with Gasteiger partial charge >= 0.3 is 0 Å². The molecule has 5 rings (SSSR count). The number of aryl methyl sites for hydroxylation is 1. The highest BCUT2D eigenvalue weighted by atomic mass is 16.5. The molecule has 4 atom stereocenters. The van der Waals surface area contributed by atoms with Gasteiger partial charge in [-0.2, -0.15) is 0 Å². The molecule has 40 heavy (non-hydrogen) atoms. The van der Waals surface area contributed by atoms with E-state index in [1.54, 1.807) is 7.11 Å². The third-order valence-electron chi connectivity index (χ3n) is 8.87. The molecule has 6 nitrogen and oxygen atoms in total. The van der Waals surface area contributed by atoms with Crippen LogP contribution >= 0.6 is 0 Å². The number of rotatable bonds is 12. The average Bonchev–Trinajstić information content (AvgIpc) is 3.49. The highest BCUT2D eigenvalue weighted by Gasteiger charge is 2.34. The zero-order valence-electron chi connectivity index (χ0n) is 24.4. The van der Waals surface area contributed by atoms with Crippen molar-refractivity contribution < 1.29 is 19.3 Å². The number of likely N-dealkylation sites (N-methyl/N-ethyl adjacent to an activating group) is 2. The number of allylic oxidation sites excluding steroid dienone is 1. The SMILES string of the molecule is CCN(Cc1ccc(OCCN(C)C[C@H]2CCCO2)cc1)C1C=C(OC)C=CC1[C@@H]1CCc2cc(O)ccc2C1. The second-order valence-corrected chi connectivity index (χ2v) is 11.6. The predicted octanol–water partition coefficient (Wildman–Crippen LogP) is 5.59. The number of phenolic OH excluding ortho intramolecular Hbond substituents is 1. The van der Waals surface area contributed by atoms with Crippen LogP contribution in [0.25, 0.3) is 0 Å². The van der Waals surface area contributed by atoms with E-state index in [0.717, 1.165) is 63.6 Å². The summed E-state index contributed by atoms with van der Waals surface area (Å²) >= 11 is 0. The summed E-state index contributed by atoms with van der Waals surface area (Å²) in [4.78, 5) is 4.87. The van der Waals surface area contributed by atoms with Crippen LogP contribution in [0.5, 0.6) is 11.5 Å². The molecule has 0 spiro atoms. The Balaban J connectivity index is 1.19. The molecule has 2 aromatic carbocycles. The zero-order chi connectivity index (χ0) is 27.9. The molecule has 1 fully saturated rings. The lowest BCUT2D eigenvalue weighted by Gasteiger charge is -2.41. The van der Waals surface area contributed by atoms with Crippen molar-refractivity contribution in [3.63, 3.8) is 0 Å². The highest BCUT2D eigenvalue weighted by Crippen LogP contribution is 2.38. The predicted molar refractivity (Wildman–Crippen MR) is 160 cm³/mol. The van der Waals surface area contributed by atoms with E-state index < -0.39 is 0 Å². The number of ether oxygens (including phenoxy) is 3. The maximum absolute atomic E-state index is 9.92. The number of hydrogen-bond donors (Lipinski definition) is 1. The lowest BCUT2D eigenvalue weighted by molar-refractivity contribution is 0.0771. The third kappa shape index (κ3) is 7.28. The molecule has 216 valence electrons. The molecule has 1 aliphatic heterocycles. The molecule has 1 N–H and O–H groups in total. The van der Waals surface area contributed by atoms with Crippen molar-refractivity contribution in [2.75, 3.05) is 47.0 Å². The monoisotopic (exact) mass is 546 g/mol. The van der Waals surface area contributed by atoms with Gasteiger partial charge in [-0.05, 0) is 111 Å². The summed E-state index contributed by atoms with van der Waals surface area (Å²) < 4.78 is 17.5. The molecule has 1 heterocycles. The van der Waals surface area contributed by atoms with Crippen LogP contribution < -0.4 is 4.74 Å². The minimum Gasteiger partial charge on any atom is -0.508 e. The van der Waals surface area contributed by atoms with E-state index in [1.165, 1.54) is 29.5 Å². The normalized spacial score (nSPS) is 24.3. The van der Waals surface area contributed by atoms with Crippen molar-refractivity contribution in [2.24, 2.45) is 11.8 Å². The van der Waals surface area contributed by atoms with Gasteiger partial charge < -0.3 is 24.2 Å². The Morgan fingerprint density at radius 2 is 1.93 bits per heavy atom. The topological polar surface area (TPSA) is 54.4 Å². The van der Waals surface area contributed by atoms with Crippen LogP contribution in [-0.4, -0.2) is 74.1 Å². The van der Waals surface area contributed by atoms with Crippen molar-refractivity contribution in [2.45, 2.75) is 57.7 Å². The van der Waals surface area contributed by atoms with Gasteiger partial charge in [0, 0.05) is 32.3 Å². The van der Waals surface area contributed by atoms with Crippen LogP contribution in [0.3, 0.4) is 0 Å². The second-order valence-electron chi connectivity index (χ2n) is 11.6. The highest BCUT2D eigenvalue weighted by molar-refractivity contribution is 5.37. The molecule has 2 aromatic rings. The summed E-state index contributed by atoms with van der Waals surface area (Å²) in [5.41, 5.74) is 3.96. The van der Waals surface area contributed by atoms with Crippen molar-refractivity contribution in [3.05, 3.63) is 83.1 Å². The molecule has 2 unspecified atom stereocenters. The van der Waals surface area contributed by atoms with Crippen LogP contribution in [0.4, 0.5) is 0 Å². The smallest absolute Gasteiger partial charge is 0.119 e. The Bertz CT molecular complexity index is 1160. The van der Waals surface area contributed by atoms with E-state index in [9.17, 15) is 5.11 Å². The molecule has 0 amide bonds. The maximum atomic E-state index is 9.92. The van der Waals surface area contributed by atoms with Crippen molar-refractivity contribution in [3.8, 4) is 11.5 Å². The fourth-order valence-electron chi connectivity index (χ4n) is 6.57. The molecule has 0 saturated carbocycles. The molecular weight excluding hydrogens is 500 g/mol. The van der Waals surface area contributed by atoms with Gasteiger partial charge in [0.25, 0.3) is 0 Å². The first-order valence-corrected chi connectivity index (χ1v) is 15.0. The Morgan fingerprint density at radius 1 is 1.07 bits per heavy atom. The summed E-state index contributed by atoms with van der Waals surface area (Å²) in [7, 11) is 3.90. The molecular formula is C34H46N2O4. The van der Waals surface area contributed by atoms with E-state index in [4.69, 9.17) is 14.2 Å². The van der Waals surface area contributed by atoms with Crippen molar-refractivity contribution in [1.82, 2.24) is 9.80 Å². The first-order valence-electron chi connectivity index (χ1n) is 15.0. The summed E-state index contributed by atoms with van der Waals surface area (Å²) in [6.07, 6.45) is 12.7. The quantitative estimate of drug-likeness (QED) is 0.374. The van der Waals surface area contributed by atoms with Crippen LogP contribution in [0.15, 0.2) is 66.5 Å². The molecule has 6 heteroatoms. The van der Waals surface area contributed by atoms with Gasteiger partial charge in [-0.25, -0.2) is 0 Å². The summed E-state index contributed by atoms with van der Waals surface area (Å²) in [5.74, 6) is 3.19. The zero-order valence-corrected chi connectivity index (χ0v) is 24.4. The van der Waals surface area contributed by atoms with Crippen LogP contribution in [0, 0.1) is 11.8 Å². The van der Waals surface area contributed by atoms with Gasteiger partial charge in [-0.15, -0.1) is 0 Å². The lowest BCUT2D eigenvalue weighted by atomic mass is 9.72. The van der Waals surface area contributed by atoms with Crippen LogP contribution in [0.2, 0.25) is 0 Å². The average molecular weight is 547 g/mol. The summed E-state index contributed by atoms with van der Waals surface area (Å²) in [6, 6.07) is 14.8. The Morgan fingerprint density at radius 3 is 2.67 bits per heavy atom. The van der Waals surface area contributed by atoms with Crippen molar-refractivity contribution >= 4 is 0 Å². The van der Waals surface area contributed by atoms with E-state index >= 15 is 0 Å². The van der Waals surface area contributed by atoms with Gasteiger partial charge in [0.2, 0.25) is 0 Å². The van der Waals surface area contributed by atoms with E-state index in [2.05, 4.69) is 72.3 Å². The molecule has 0 radical (unpaired) electrons. The number of methoxy groups -OCH3 is 1. The Labute approximate surface area is 240 Å². The van der Waals surface area contributed by atoms with E-state index in [0.29, 0.717) is 30.3 Å². The van der Waals surface area contributed by atoms with E-state index in [1.807, 2.05) is 12.1 Å². The first kappa shape index (κ1) is 28.7. The second kappa shape index (κ2) is 13.7. The molecule has 2 aliphatic carbocycles. The fraction of sp³-hybridized carbons (Fsp3) is 0.529. The molecule has 0 aromatic heterocycles. The van der Waals surface area contributed by atoms with Gasteiger partial charge in [0.1, 0.15) is 23.9 Å². The number of aromatic hydroxyl groups is 1. The summed E-state index contributed by atoms with van der Waals surface area (Å²) in [6.45, 7) is 7.52. The molecule has 1 saturated heterocycles. The number of nitrogens with zero attached hydrogens (tertiary/aromatic N) is 2. The Hall–Kier alpha value is -2.80. The van der Waals surface area contributed by atoms with Gasteiger partial charge in [0.05, 0.1) is 13.2 Å². The van der Waals surface area contributed by atoms with E-state index in [-0.39, 0.29) is 6.04 Å². The number of fused-ring (bicyclic) bond motifs is 1. The number of hydrogen-bond acceptors (Lipinski definition) is 6. The van der Waals surface area contributed by atoms with Crippen molar-refractivity contribution in [1.29, 1.82) is 0 Å². The molecule has 3 aliphatic rings. The number of phenols is 1. The largest absolute Gasteiger partial charge is 0.508 e. The fourth-order valence-corrected chi connectivity index (χ4v) is 6.57. The minimum atomic E-state index is 0.268. The van der Waals surface area contributed by atoms with Gasteiger partial charge in [0.15, 0.2) is 0 Å². The third-order valence-corrected chi connectivity index (χ3v) is 8.87. The summed E-state index contributed by atoms with van der Waals surface area (Å²) in [5, 5.41) is 9.92. The van der Waals surface area contributed by atoms with Gasteiger partial charge in [-0.1, -0.05) is 31.2 Å². The number of benzene rings is 2. The van der Waals surface area contributed by atoms with Crippen LogP contribution in [-0.2, 0) is 28.9 Å². The van der Waals surface area contributed by atoms with Crippen LogP contribution in [0.1, 0.15) is 42.9 Å². The maximum Gasteiger partial charge on any atom is 0.119 e. The minimum absolute atomic E-state index is 0.268. The first-order chi connectivity index (χ1) is 19.5. The standard InChI is InChI=1S/C34H46N2O4/c1-4-36(23-25-7-13-30(14-8-25)40-19-17-35(2)24-32-6-5-18-39-32)34-22-31(38-3)15-16-33(34)28-10-9-27-21-29(37)12-11-26(27)20-28/h7-8,11-16,21-22,28,32-34,37H,4-6,9-10,17-20,23-24H2,1-3H3/t28-,32-,33?,34?/m1/s1.